The van der Waals surface area contributed by atoms with E-state index in [1.807, 2.05) is 60.7 Å². The zero-order valence-corrected chi connectivity index (χ0v) is 15.6. The van der Waals surface area contributed by atoms with Crippen molar-refractivity contribution in [2.75, 3.05) is 22.5 Å². The van der Waals surface area contributed by atoms with Crippen LogP contribution in [0.15, 0.2) is 59.8 Å². The number of H-pyrrole nitrogens is 1. The topological polar surface area (TPSA) is 91.0 Å². The number of aromatic amines is 1. The monoisotopic (exact) mass is 391 g/mol. The van der Waals surface area contributed by atoms with Gasteiger partial charge >= 0.3 is 0 Å². The van der Waals surface area contributed by atoms with Crippen molar-refractivity contribution in [3.63, 3.8) is 0 Å². The molecular formula is C20H17N5O2S. The highest BCUT2D eigenvalue weighted by atomic mass is 32.2. The van der Waals surface area contributed by atoms with Gasteiger partial charge in [0.05, 0.1) is 17.1 Å². The summed E-state index contributed by atoms with van der Waals surface area (Å²) in [6.07, 6.45) is 3.77. The summed E-state index contributed by atoms with van der Waals surface area (Å²) in [5.74, 6) is 0.379. The Bertz CT molecular complexity index is 1030. The zero-order chi connectivity index (χ0) is 19.3. The maximum Gasteiger partial charge on any atom is 0.244 e. The minimum Gasteiger partial charge on any atom is -0.323 e. The molecule has 140 valence electrons. The molecule has 4 rings (SSSR count). The van der Waals surface area contributed by atoms with Crippen LogP contribution < -0.4 is 10.2 Å². The second kappa shape index (κ2) is 8.10. The van der Waals surface area contributed by atoms with Crippen LogP contribution in [0.3, 0.4) is 0 Å². The van der Waals surface area contributed by atoms with Crippen molar-refractivity contribution in [1.82, 2.24) is 15.2 Å². The van der Waals surface area contributed by atoms with Crippen molar-refractivity contribution >= 4 is 47.1 Å². The molecule has 3 aromatic rings. The van der Waals surface area contributed by atoms with E-state index in [4.69, 9.17) is 0 Å². The number of rotatable bonds is 5. The third-order valence-electron chi connectivity index (χ3n) is 4.11. The highest BCUT2D eigenvalue weighted by molar-refractivity contribution is 7.99. The van der Waals surface area contributed by atoms with Gasteiger partial charge < -0.3 is 10.2 Å². The Labute approximate surface area is 165 Å². The molecular weight excluding hydrogens is 374 g/mol. The molecule has 2 amide bonds. The number of amides is 2. The number of hydrogen-bond acceptors (Lipinski definition) is 5. The van der Waals surface area contributed by atoms with Gasteiger partial charge in [-0.2, -0.15) is 0 Å². The van der Waals surface area contributed by atoms with Gasteiger partial charge in [-0.25, -0.2) is 4.98 Å². The molecule has 2 heterocycles. The third kappa shape index (κ3) is 4.12. The van der Waals surface area contributed by atoms with Gasteiger partial charge in [0, 0.05) is 0 Å². The van der Waals surface area contributed by atoms with Gasteiger partial charge in [0.1, 0.15) is 12.4 Å². The highest BCUT2D eigenvalue weighted by Gasteiger charge is 2.26. The van der Waals surface area contributed by atoms with Crippen LogP contribution in [-0.2, 0) is 9.59 Å². The average Bonchev–Trinajstić information content (AvgIpc) is 3.18. The number of hydrogen-bond donors (Lipinski definition) is 2. The second-order valence-corrected chi connectivity index (χ2v) is 7.02. The number of carbonyl (C=O) groups is 2. The fraction of sp³-hybridized carbons (Fsp3) is 0.100. The van der Waals surface area contributed by atoms with Gasteiger partial charge in [0.15, 0.2) is 0 Å². The first kappa shape index (κ1) is 18.0. The number of anilines is 2. The Hall–Kier alpha value is -3.39. The first-order valence-corrected chi connectivity index (χ1v) is 9.65. The fourth-order valence-electron chi connectivity index (χ4n) is 2.80. The van der Waals surface area contributed by atoms with E-state index in [1.165, 1.54) is 16.7 Å². The van der Waals surface area contributed by atoms with Crippen molar-refractivity contribution in [3.05, 3.63) is 66.0 Å². The maximum absolute atomic E-state index is 12.6. The molecule has 8 heteroatoms. The van der Waals surface area contributed by atoms with Crippen LogP contribution in [0, 0.1) is 0 Å². The molecule has 0 saturated heterocycles. The molecule has 0 spiro atoms. The molecule has 0 bridgehead atoms. The quantitative estimate of drug-likeness (QED) is 0.653. The summed E-state index contributed by atoms with van der Waals surface area (Å²) in [4.78, 5) is 30.4. The van der Waals surface area contributed by atoms with Crippen molar-refractivity contribution in [2.24, 2.45) is 0 Å². The summed E-state index contributed by atoms with van der Waals surface area (Å²) in [5, 5.41) is 10.2. The minimum absolute atomic E-state index is 0.00939. The molecule has 1 aromatic heterocycles. The highest BCUT2D eigenvalue weighted by Crippen LogP contribution is 2.29. The zero-order valence-electron chi connectivity index (χ0n) is 14.8. The predicted octanol–water partition coefficient (Wildman–Crippen LogP) is 3.05. The summed E-state index contributed by atoms with van der Waals surface area (Å²) in [7, 11) is 0. The summed E-state index contributed by atoms with van der Waals surface area (Å²) in [6, 6.07) is 17.1. The number of carbonyl (C=O) groups excluding carboxylic acids is 2. The van der Waals surface area contributed by atoms with Crippen LogP contribution in [0.1, 0.15) is 11.4 Å². The maximum atomic E-state index is 12.6. The summed E-state index contributed by atoms with van der Waals surface area (Å²) in [5.41, 5.74) is 2.41. The Morgan fingerprint density at radius 3 is 2.75 bits per heavy atom. The lowest BCUT2D eigenvalue weighted by Crippen LogP contribution is -2.43. The van der Waals surface area contributed by atoms with E-state index >= 15 is 0 Å². The van der Waals surface area contributed by atoms with E-state index in [-0.39, 0.29) is 24.1 Å². The molecule has 0 saturated carbocycles. The first-order chi connectivity index (χ1) is 13.7. The van der Waals surface area contributed by atoms with Crippen molar-refractivity contribution in [1.29, 1.82) is 0 Å². The molecule has 0 atom stereocenters. The number of nitrogens with zero attached hydrogens (tertiary/aromatic N) is 3. The molecule has 0 fully saturated rings. The van der Waals surface area contributed by atoms with Gasteiger partial charge in [-0.3, -0.25) is 14.7 Å². The molecule has 7 nitrogen and oxygen atoms in total. The van der Waals surface area contributed by atoms with E-state index in [9.17, 15) is 9.59 Å². The molecule has 1 aliphatic heterocycles. The molecule has 28 heavy (non-hydrogen) atoms. The predicted molar refractivity (Wildman–Crippen MR) is 110 cm³/mol. The largest absolute Gasteiger partial charge is 0.323 e. The van der Waals surface area contributed by atoms with E-state index in [0.717, 1.165) is 5.56 Å². The van der Waals surface area contributed by atoms with Crippen LogP contribution in [0.5, 0.6) is 0 Å². The summed E-state index contributed by atoms with van der Waals surface area (Å²) < 4.78 is 0. The summed E-state index contributed by atoms with van der Waals surface area (Å²) in [6.45, 7) is 0.00939. The van der Waals surface area contributed by atoms with Gasteiger partial charge in [-0.05, 0) is 23.8 Å². The van der Waals surface area contributed by atoms with Crippen LogP contribution in [-0.4, -0.2) is 39.3 Å². The SMILES string of the molecule is O=C1CN(C(=O)CSc2n[nH]c(/C=C/c3ccccc3)n2)c2ccccc2N1. The third-order valence-corrected chi connectivity index (χ3v) is 4.94. The number of benzene rings is 2. The standard InChI is InChI=1S/C20H17N5O2S/c26-18-12-25(16-9-5-4-8-15(16)21-18)19(27)13-28-20-22-17(23-24-20)11-10-14-6-2-1-3-7-14/h1-11H,12-13H2,(H,21,26)(H,22,23,24)/b11-10+. The number of para-hydroxylation sites is 2. The normalized spacial score (nSPS) is 13.4. The Kier molecular flexibility index (Phi) is 5.20. The van der Waals surface area contributed by atoms with E-state index in [2.05, 4.69) is 20.5 Å². The lowest BCUT2D eigenvalue weighted by molar-refractivity contribution is -0.120. The minimum atomic E-state index is -0.205. The Balaban J connectivity index is 1.39. The Morgan fingerprint density at radius 2 is 1.89 bits per heavy atom. The van der Waals surface area contributed by atoms with E-state index < -0.39 is 0 Å². The molecule has 2 aromatic carbocycles. The average molecular weight is 391 g/mol. The molecule has 1 aliphatic rings. The van der Waals surface area contributed by atoms with Gasteiger partial charge in [0.25, 0.3) is 0 Å². The van der Waals surface area contributed by atoms with Gasteiger partial charge in [0.2, 0.25) is 17.0 Å². The number of thioether (sulfide) groups is 1. The van der Waals surface area contributed by atoms with E-state index in [0.29, 0.717) is 22.4 Å². The smallest absolute Gasteiger partial charge is 0.244 e. The fourth-order valence-corrected chi connectivity index (χ4v) is 3.48. The molecule has 0 radical (unpaired) electrons. The lowest BCUT2D eigenvalue weighted by atomic mass is 10.2. The Morgan fingerprint density at radius 1 is 1.11 bits per heavy atom. The van der Waals surface area contributed by atoms with Crippen LogP contribution in [0.4, 0.5) is 11.4 Å². The van der Waals surface area contributed by atoms with Crippen LogP contribution in [0.25, 0.3) is 12.2 Å². The van der Waals surface area contributed by atoms with Crippen molar-refractivity contribution in [2.45, 2.75) is 5.16 Å². The van der Waals surface area contributed by atoms with Gasteiger partial charge in [-0.1, -0.05) is 60.3 Å². The van der Waals surface area contributed by atoms with Crippen LogP contribution in [0.2, 0.25) is 0 Å². The molecule has 2 N–H and O–H groups in total. The van der Waals surface area contributed by atoms with Gasteiger partial charge in [-0.15, -0.1) is 5.10 Å². The van der Waals surface area contributed by atoms with Crippen molar-refractivity contribution in [3.8, 4) is 0 Å². The van der Waals surface area contributed by atoms with Crippen LogP contribution >= 0.6 is 11.8 Å². The number of fused-ring (bicyclic) bond motifs is 1. The number of nitrogens with one attached hydrogen (secondary N) is 2. The van der Waals surface area contributed by atoms with Crippen molar-refractivity contribution < 1.29 is 9.59 Å². The lowest BCUT2D eigenvalue weighted by Gasteiger charge is -2.28. The first-order valence-electron chi connectivity index (χ1n) is 8.66. The summed E-state index contributed by atoms with van der Waals surface area (Å²) >= 11 is 1.23. The van der Waals surface area contributed by atoms with E-state index in [1.54, 1.807) is 6.07 Å². The molecule has 0 unspecified atom stereocenters. The second-order valence-electron chi connectivity index (χ2n) is 6.08. The molecule has 0 aliphatic carbocycles. The number of aromatic nitrogens is 3.